The summed E-state index contributed by atoms with van der Waals surface area (Å²) in [6.45, 7) is 7.75. The average molecular weight is 478 g/mol. The third-order valence-corrected chi connectivity index (χ3v) is 5.29. The molecular weight excluding hydrogens is 450 g/mol. The standard InChI is InChI=1S/C28H28N.ClHO4/c1-28(2,3)27-20-25(23-15-9-5-10-16-23)19-26(24-17-11-6-12-18-24)29(27)21-22-13-7-4-8-14-22;2-1(3,4)5/h4-20H,21H2,1-3H3;(H,2,3,4,5)/q+1;/p-1. The molecule has 0 unspecified atom stereocenters. The normalized spacial score (nSPS) is 11.5. The lowest BCUT2D eigenvalue weighted by Gasteiger charge is -2.21. The van der Waals surface area contributed by atoms with Crippen LogP contribution in [-0.4, -0.2) is 0 Å². The van der Waals surface area contributed by atoms with Crippen LogP contribution < -0.4 is 23.2 Å². The molecule has 0 amide bonds. The molecule has 0 spiro atoms. The minimum absolute atomic E-state index is 0.0170. The van der Waals surface area contributed by atoms with Crippen molar-refractivity contribution >= 4 is 0 Å². The molecule has 4 aromatic rings. The first-order chi connectivity index (χ1) is 16.0. The number of benzene rings is 3. The molecule has 0 saturated carbocycles. The zero-order chi connectivity index (χ0) is 24.8. The van der Waals surface area contributed by atoms with Gasteiger partial charge in [-0.15, -0.1) is 10.2 Å². The van der Waals surface area contributed by atoms with Crippen LogP contribution in [0.2, 0.25) is 0 Å². The second-order valence-electron chi connectivity index (χ2n) is 8.95. The molecule has 0 aliphatic heterocycles. The maximum atomic E-state index is 8.49. The van der Waals surface area contributed by atoms with Gasteiger partial charge in [0.05, 0.1) is 0 Å². The molecule has 0 saturated heterocycles. The van der Waals surface area contributed by atoms with E-state index in [9.17, 15) is 0 Å². The summed E-state index contributed by atoms with van der Waals surface area (Å²) in [6.07, 6.45) is 0. The Morgan fingerprint density at radius 2 is 1.06 bits per heavy atom. The molecule has 0 radical (unpaired) electrons. The van der Waals surface area contributed by atoms with E-state index in [1.165, 1.54) is 33.6 Å². The Kier molecular flexibility index (Phi) is 8.20. The van der Waals surface area contributed by atoms with Crippen molar-refractivity contribution in [1.29, 1.82) is 0 Å². The number of pyridine rings is 1. The highest BCUT2D eigenvalue weighted by molar-refractivity contribution is 5.69. The number of rotatable bonds is 4. The average Bonchev–Trinajstić information content (AvgIpc) is 2.79. The Balaban J connectivity index is 0.000000588. The number of nitrogens with zero attached hydrogens (tertiary/aromatic N) is 1. The van der Waals surface area contributed by atoms with Crippen LogP contribution >= 0.6 is 0 Å². The summed E-state index contributed by atoms with van der Waals surface area (Å²) in [5, 5.41) is 0. The predicted molar refractivity (Wildman–Crippen MR) is 122 cm³/mol. The van der Waals surface area contributed by atoms with Crippen LogP contribution in [-0.2, 0) is 12.0 Å². The molecule has 1 aromatic heterocycles. The predicted octanol–water partition coefficient (Wildman–Crippen LogP) is 1.90. The summed E-state index contributed by atoms with van der Waals surface area (Å²) < 4.78 is 36.5. The Morgan fingerprint density at radius 3 is 1.53 bits per heavy atom. The number of halogens is 1. The zero-order valence-corrected chi connectivity index (χ0v) is 20.2. The first kappa shape index (κ1) is 25.6. The number of hydrogen-bond donors (Lipinski definition) is 0. The molecule has 0 fully saturated rings. The lowest BCUT2D eigenvalue weighted by Crippen LogP contribution is -2.68. The van der Waals surface area contributed by atoms with Gasteiger partial charge in [0, 0.05) is 28.7 Å². The Hall–Kier alpha value is -3.06. The smallest absolute Gasteiger partial charge is 0.213 e. The fraction of sp³-hybridized carbons (Fsp3) is 0.179. The second-order valence-corrected chi connectivity index (χ2v) is 9.70. The van der Waals surface area contributed by atoms with Gasteiger partial charge in [-0.25, -0.2) is 18.6 Å². The largest absolute Gasteiger partial charge is 0.222 e. The van der Waals surface area contributed by atoms with Gasteiger partial charge >= 0.3 is 0 Å². The van der Waals surface area contributed by atoms with Gasteiger partial charge in [0.2, 0.25) is 5.69 Å². The summed E-state index contributed by atoms with van der Waals surface area (Å²) in [7, 11) is -4.94. The fourth-order valence-corrected chi connectivity index (χ4v) is 3.82. The zero-order valence-electron chi connectivity index (χ0n) is 19.5. The van der Waals surface area contributed by atoms with Gasteiger partial charge in [0.1, 0.15) is 0 Å². The Labute approximate surface area is 203 Å². The van der Waals surface area contributed by atoms with E-state index in [4.69, 9.17) is 18.6 Å². The summed E-state index contributed by atoms with van der Waals surface area (Å²) in [6, 6.07) is 36.8. The number of aromatic nitrogens is 1. The van der Waals surface area contributed by atoms with Gasteiger partial charge in [-0.1, -0.05) is 99.6 Å². The first-order valence-electron chi connectivity index (χ1n) is 10.9. The van der Waals surface area contributed by atoms with Crippen LogP contribution in [0, 0.1) is 10.2 Å². The highest BCUT2D eigenvalue weighted by atomic mass is 35.7. The highest BCUT2D eigenvalue weighted by Crippen LogP contribution is 2.30. The molecular formula is C28H28ClNO4. The molecule has 5 nitrogen and oxygen atoms in total. The topological polar surface area (TPSA) is 96.1 Å². The van der Waals surface area contributed by atoms with Crippen LogP contribution in [0.25, 0.3) is 22.4 Å². The summed E-state index contributed by atoms with van der Waals surface area (Å²) >= 11 is 0. The minimum Gasteiger partial charge on any atom is -0.222 e. The highest BCUT2D eigenvalue weighted by Gasteiger charge is 2.30. The third kappa shape index (κ3) is 7.48. The van der Waals surface area contributed by atoms with Crippen molar-refractivity contribution < 1.29 is 33.4 Å². The molecule has 0 aliphatic carbocycles. The van der Waals surface area contributed by atoms with Crippen molar-refractivity contribution in [2.24, 2.45) is 0 Å². The van der Waals surface area contributed by atoms with Gasteiger partial charge in [-0.2, -0.15) is 4.57 Å². The third-order valence-electron chi connectivity index (χ3n) is 5.29. The van der Waals surface area contributed by atoms with Crippen molar-refractivity contribution in [3.8, 4) is 22.4 Å². The van der Waals surface area contributed by atoms with Gasteiger partial charge in [0.15, 0.2) is 12.2 Å². The molecule has 176 valence electrons. The van der Waals surface area contributed by atoms with Crippen molar-refractivity contribution in [2.45, 2.75) is 32.7 Å². The van der Waals surface area contributed by atoms with Gasteiger partial charge < -0.3 is 0 Å². The summed E-state index contributed by atoms with van der Waals surface area (Å²) in [5.41, 5.74) is 7.67. The van der Waals surface area contributed by atoms with Crippen LogP contribution in [0.15, 0.2) is 103 Å². The monoisotopic (exact) mass is 477 g/mol. The van der Waals surface area contributed by atoms with Crippen molar-refractivity contribution in [3.05, 3.63) is 114 Å². The maximum Gasteiger partial charge on any atom is 0.213 e. The van der Waals surface area contributed by atoms with Gasteiger partial charge in [-0.3, -0.25) is 0 Å². The molecule has 3 aromatic carbocycles. The van der Waals surface area contributed by atoms with Gasteiger partial charge in [-0.05, 0) is 23.3 Å². The van der Waals surface area contributed by atoms with E-state index in [0.29, 0.717) is 0 Å². The molecule has 0 aliphatic rings. The van der Waals surface area contributed by atoms with Crippen LogP contribution in [0.5, 0.6) is 0 Å². The molecule has 0 atom stereocenters. The first-order valence-corrected chi connectivity index (χ1v) is 12.1. The SMILES string of the molecule is CC(C)(C)c1cc(-c2ccccc2)cc(-c2ccccc2)[n+]1Cc1ccccc1.[O-][Cl+3]([O-])([O-])[O-]. The molecule has 6 heteroatoms. The van der Waals surface area contributed by atoms with Crippen molar-refractivity contribution in [1.82, 2.24) is 0 Å². The molecule has 34 heavy (non-hydrogen) atoms. The van der Waals surface area contributed by atoms with E-state index in [1.807, 2.05) is 0 Å². The second kappa shape index (κ2) is 10.9. The molecule has 4 rings (SSSR count). The quantitative estimate of drug-likeness (QED) is 0.419. The fourth-order valence-electron chi connectivity index (χ4n) is 3.82. The van der Waals surface area contributed by atoms with E-state index < -0.39 is 10.2 Å². The van der Waals surface area contributed by atoms with E-state index in [2.05, 4.69) is 128 Å². The number of hydrogen-bond acceptors (Lipinski definition) is 4. The summed E-state index contributed by atoms with van der Waals surface area (Å²) in [5.74, 6) is 0. The van der Waals surface area contributed by atoms with Crippen molar-refractivity contribution in [3.63, 3.8) is 0 Å². The van der Waals surface area contributed by atoms with Crippen molar-refractivity contribution in [2.75, 3.05) is 0 Å². The maximum absolute atomic E-state index is 8.49. The molecule has 0 bridgehead atoms. The molecule has 0 N–H and O–H groups in total. The minimum atomic E-state index is -4.94. The summed E-state index contributed by atoms with van der Waals surface area (Å²) in [4.78, 5) is 0. The van der Waals surface area contributed by atoms with Crippen LogP contribution in [0.3, 0.4) is 0 Å². The lowest BCUT2D eigenvalue weighted by molar-refractivity contribution is -2.00. The van der Waals surface area contributed by atoms with E-state index >= 15 is 0 Å². The van der Waals surface area contributed by atoms with Crippen LogP contribution in [0.4, 0.5) is 0 Å². The Morgan fingerprint density at radius 1 is 0.618 bits per heavy atom. The lowest BCUT2D eigenvalue weighted by atomic mass is 9.88. The Bertz CT molecular complexity index is 1180. The van der Waals surface area contributed by atoms with Crippen LogP contribution in [0.1, 0.15) is 32.0 Å². The molecule has 1 heterocycles. The van der Waals surface area contributed by atoms with E-state index in [0.717, 1.165) is 6.54 Å². The van der Waals surface area contributed by atoms with E-state index in [1.54, 1.807) is 0 Å². The van der Waals surface area contributed by atoms with E-state index in [-0.39, 0.29) is 5.41 Å². The van der Waals surface area contributed by atoms with Gasteiger partial charge in [0.25, 0.3) is 0 Å².